The summed E-state index contributed by atoms with van der Waals surface area (Å²) in [4.78, 5) is 23.2. The van der Waals surface area contributed by atoms with Gasteiger partial charge >= 0.3 is 5.97 Å². The molecule has 0 aromatic heterocycles. The van der Waals surface area contributed by atoms with Crippen molar-refractivity contribution in [2.45, 2.75) is 13.8 Å². The van der Waals surface area contributed by atoms with E-state index in [0.29, 0.717) is 10.7 Å². The Morgan fingerprint density at radius 2 is 2.05 bits per heavy atom. The summed E-state index contributed by atoms with van der Waals surface area (Å²) in [6, 6.07) is 6.48. The largest absolute Gasteiger partial charge is 0.481 e. The average Bonchev–Trinajstić information content (AvgIpc) is 2.93. The van der Waals surface area contributed by atoms with Crippen LogP contribution < -0.4 is 5.32 Å². The number of carbonyl (C=O) groups excluding carboxylic acids is 1. The molecular formula is C14H13ClN2O3. The number of nitriles is 1. The molecule has 0 saturated heterocycles. The van der Waals surface area contributed by atoms with Crippen LogP contribution in [0.15, 0.2) is 18.2 Å². The number of benzene rings is 1. The average molecular weight is 293 g/mol. The van der Waals surface area contributed by atoms with E-state index in [9.17, 15) is 9.59 Å². The van der Waals surface area contributed by atoms with E-state index < -0.39 is 29.1 Å². The molecule has 0 aliphatic heterocycles. The van der Waals surface area contributed by atoms with E-state index in [1.165, 1.54) is 12.1 Å². The van der Waals surface area contributed by atoms with E-state index in [-0.39, 0.29) is 5.56 Å². The van der Waals surface area contributed by atoms with E-state index in [1.807, 2.05) is 6.07 Å². The standard InChI is InChI=1S/C14H13ClN2O3/c1-14(2)10(11(14)13(19)20)12(18)17-9-5-8(15)4-3-7(9)6-16/h3-5,10-11H,1-2H3,(H,17,18)(H,19,20)/t10-,11+/m1/s1. The number of rotatable bonds is 3. The van der Waals surface area contributed by atoms with Crippen molar-refractivity contribution in [1.29, 1.82) is 5.26 Å². The van der Waals surface area contributed by atoms with E-state index in [4.69, 9.17) is 22.0 Å². The van der Waals surface area contributed by atoms with E-state index in [0.717, 1.165) is 0 Å². The van der Waals surface area contributed by atoms with Gasteiger partial charge in [0.05, 0.1) is 23.1 Å². The highest BCUT2D eigenvalue weighted by molar-refractivity contribution is 6.31. The summed E-state index contributed by atoms with van der Waals surface area (Å²) in [5.41, 5.74) is 0.00584. The van der Waals surface area contributed by atoms with E-state index in [2.05, 4.69) is 5.32 Å². The number of halogens is 1. The summed E-state index contributed by atoms with van der Waals surface area (Å²) in [5, 5.41) is 21.0. The monoisotopic (exact) mass is 292 g/mol. The first kappa shape index (κ1) is 14.4. The molecule has 1 aromatic rings. The maximum atomic E-state index is 12.2. The smallest absolute Gasteiger partial charge is 0.307 e. The number of carboxylic acid groups (broad SMARTS) is 1. The molecule has 2 N–H and O–H groups in total. The summed E-state index contributed by atoms with van der Waals surface area (Å²) >= 11 is 5.83. The van der Waals surface area contributed by atoms with Crippen LogP contribution in [0, 0.1) is 28.6 Å². The Labute approximate surface area is 121 Å². The fourth-order valence-corrected chi connectivity index (χ4v) is 2.69. The van der Waals surface area contributed by atoms with Crippen LogP contribution in [0.3, 0.4) is 0 Å². The summed E-state index contributed by atoms with van der Waals surface area (Å²) < 4.78 is 0. The highest BCUT2D eigenvalue weighted by Crippen LogP contribution is 2.58. The second-order valence-corrected chi connectivity index (χ2v) is 5.84. The lowest BCUT2D eigenvalue weighted by molar-refractivity contribution is -0.140. The SMILES string of the molecule is CC1(C)[C@H](C(=O)O)[C@@H]1C(=O)Nc1cc(Cl)ccc1C#N. The molecule has 104 valence electrons. The van der Waals surface area contributed by atoms with Crippen LogP contribution >= 0.6 is 11.6 Å². The number of hydrogen-bond donors (Lipinski definition) is 2. The Morgan fingerprint density at radius 1 is 1.40 bits per heavy atom. The minimum atomic E-state index is -0.984. The third-order valence-electron chi connectivity index (χ3n) is 3.74. The number of nitrogens with one attached hydrogen (secondary N) is 1. The van der Waals surface area contributed by atoms with Gasteiger partial charge in [0.15, 0.2) is 0 Å². The number of nitrogens with zero attached hydrogens (tertiary/aromatic N) is 1. The Kier molecular flexibility index (Phi) is 3.45. The minimum absolute atomic E-state index is 0.285. The zero-order valence-corrected chi connectivity index (χ0v) is 11.7. The molecule has 0 spiro atoms. The molecule has 5 nitrogen and oxygen atoms in total. The molecule has 1 aromatic carbocycles. The van der Waals surface area contributed by atoms with Crippen molar-refractivity contribution in [3.8, 4) is 6.07 Å². The molecule has 0 bridgehead atoms. The molecule has 1 saturated carbocycles. The van der Waals surface area contributed by atoms with E-state index >= 15 is 0 Å². The van der Waals surface area contributed by atoms with Gasteiger partial charge in [0, 0.05) is 5.02 Å². The van der Waals surface area contributed by atoms with Crippen molar-refractivity contribution >= 4 is 29.2 Å². The van der Waals surface area contributed by atoms with Crippen molar-refractivity contribution in [1.82, 2.24) is 0 Å². The van der Waals surface area contributed by atoms with Crippen molar-refractivity contribution in [2.24, 2.45) is 17.3 Å². The fourth-order valence-electron chi connectivity index (χ4n) is 2.52. The van der Waals surface area contributed by atoms with Gasteiger partial charge < -0.3 is 10.4 Å². The molecule has 1 aliphatic rings. The van der Waals surface area contributed by atoms with Crippen LogP contribution in [0.1, 0.15) is 19.4 Å². The Balaban J connectivity index is 2.20. The van der Waals surface area contributed by atoms with Crippen molar-refractivity contribution in [2.75, 3.05) is 5.32 Å². The highest BCUT2D eigenvalue weighted by Gasteiger charge is 2.65. The third-order valence-corrected chi connectivity index (χ3v) is 3.97. The van der Waals surface area contributed by atoms with Gasteiger partial charge in [-0.2, -0.15) is 5.26 Å². The predicted molar refractivity (Wildman–Crippen MR) is 73.2 cm³/mol. The maximum absolute atomic E-state index is 12.2. The Morgan fingerprint density at radius 3 is 2.55 bits per heavy atom. The molecule has 2 atom stereocenters. The molecule has 0 heterocycles. The molecule has 20 heavy (non-hydrogen) atoms. The molecular weight excluding hydrogens is 280 g/mol. The maximum Gasteiger partial charge on any atom is 0.307 e. The minimum Gasteiger partial charge on any atom is -0.481 e. The summed E-state index contributed by atoms with van der Waals surface area (Å²) in [5.74, 6) is -2.69. The van der Waals surface area contributed by atoms with Crippen LogP contribution in [-0.2, 0) is 9.59 Å². The van der Waals surface area contributed by atoms with Gasteiger partial charge in [0.25, 0.3) is 0 Å². The zero-order chi connectivity index (χ0) is 15.1. The normalized spacial score (nSPS) is 22.7. The second kappa shape index (κ2) is 4.80. The number of carbonyl (C=O) groups is 2. The molecule has 1 fully saturated rings. The lowest BCUT2D eigenvalue weighted by Gasteiger charge is -2.08. The first-order valence-corrected chi connectivity index (χ1v) is 6.40. The first-order valence-electron chi connectivity index (χ1n) is 6.02. The van der Waals surface area contributed by atoms with Crippen LogP contribution in [0.2, 0.25) is 5.02 Å². The number of hydrogen-bond acceptors (Lipinski definition) is 3. The van der Waals surface area contributed by atoms with E-state index in [1.54, 1.807) is 19.9 Å². The predicted octanol–water partition coefficient (Wildman–Crippen LogP) is 2.51. The summed E-state index contributed by atoms with van der Waals surface area (Å²) in [6.07, 6.45) is 0. The van der Waals surface area contributed by atoms with Crippen LogP contribution in [0.4, 0.5) is 5.69 Å². The van der Waals surface area contributed by atoms with Gasteiger partial charge in [-0.15, -0.1) is 0 Å². The first-order chi connectivity index (χ1) is 9.28. The number of anilines is 1. The third kappa shape index (κ3) is 2.35. The number of carboxylic acids is 1. The molecule has 1 aliphatic carbocycles. The summed E-state index contributed by atoms with van der Waals surface area (Å²) in [6.45, 7) is 3.47. The van der Waals surface area contributed by atoms with Gasteiger partial charge in [0.2, 0.25) is 5.91 Å². The van der Waals surface area contributed by atoms with Gasteiger partial charge in [-0.25, -0.2) is 0 Å². The van der Waals surface area contributed by atoms with Crippen LogP contribution in [0.25, 0.3) is 0 Å². The Hall–Kier alpha value is -2.06. The number of aliphatic carboxylic acids is 1. The van der Waals surface area contributed by atoms with Gasteiger partial charge in [-0.3, -0.25) is 9.59 Å². The van der Waals surface area contributed by atoms with Crippen LogP contribution in [-0.4, -0.2) is 17.0 Å². The zero-order valence-electron chi connectivity index (χ0n) is 11.0. The summed E-state index contributed by atoms with van der Waals surface area (Å²) in [7, 11) is 0. The van der Waals surface area contributed by atoms with Gasteiger partial charge in [0.1, 0.15) is 6.07 Å². The quantitative estimate of drug-likeness (QED) is 0.895. The Bertz CT molecular complexity index is 634. The lowest BCUT2D eigenvalue weighted by Crippen LogP contribution is -2.18. The highest BCUT2D eigenvalue weighted by atomic mass is 35.5. The fraction of sp³-hybridized carbons (Fsp3) is 0.357. The van der Waals surface area contributed by atoms with Crippen molar-refractivity contribution < 1.29 is 14.7 Å². The molecule has 1 amide bonds. The molecule has 0 radical (unpaired) electrons. The topological polar surface area (TPSA) is 90.2 Å². The number of amides is 1. The van der Waals surface area contributed by atoms with Gasteiger partial charge in [-0.05, 0) is 23.6 Å². The molecule has 0 unspecified atom stereocenters. The van der Waals surface area contributed by atoms with Crippen LogP contribution in [0.5, 0.6) is 0 Å². The lowest BCUT2D eigenvalue weighted by atomic mass is 10.1. The van der Waals surface area contributed by atoms with Crippen molar-refractivity contribution in [3.63, 3.8) is 0 Å². The van der Waals surface area contributed by atoms with Crippen molar-refractivity contribution in [3.05, 3.63) is 28.8 Å². The molecule has 2 rings (SSSR count). The molecule has 6 heteroatoms. The second-order valence-electron chi connectivity index (χ2n) is 5.41. The van der Waals surface area contributed by atoms with Gasteiger partial charge in [-0.1, -0.05) is 25.4 Å².